The first-order valence-corrected chi connectivity index (χ1v) is 8.85. The lowest BCUT2D eigenvalue weighted by Crippen LogP contribution is -2.38. The number of nitrogens with zero attached hydrogens (tertiary/aromatic N) is 2. The molecule has 112 valence electrons. The third-order valence-electron chi connectivity index (χ3n) is 3.04. The van der Waals surface area contributed by atoms with Gasteiger partial charge < -0.3 is 15.4 Å². The summed E-state index contributed by atoms with van der Waals surface area (Å²) >= 11 is 0. The van der Waals surface area contributed by atoms with Gasteiger partial charge in [0, 0.05) is 19.3 Å². The Labute approximate surface area is 115 Å². The number of hydrogen-bond donors (Lipinski definition) is 1. The minimum atomic E-state index is -2.94. The molecule has 0 aromatic rings. The molecular weight excluding hydrogens is 266 g/mol. The van der Waals surface area contributed by atoms with Crippen LogP contribution in [0.4, 0.5) is 0 Å². The summed E-state index contributed by atoms with van der Waals surface area (Å²) in [6, 6.07) is 0. The Bertz CT molecular complexity index is 374. The first-order valence-electron chi connectivity index (χ1n) is 6.79. The van der Waals surface area contributed by atoms with Gasteiger partial charge in [-0.15, -0.1) is 0 Å². The van der Waals surface area contributed by atoms with Crippen molar-refractivity contribution < 1.29 is 13.2 Å². The Balaban J connectivity index is 2.16. The molecule has 0 aromatic carbocycles. The van der Waals surface area contributed by atoms with E-state index in [9.17, 15) is 8.42 Å². The standard InChI is InChI=1S/C12H25N3O3S/c1-19(16,17)11-10-18-9-6-14-12(13)15-7-4-2-3-5-8-15/h2-11H2,1H3,(H2,13,14). The Morgan fingerprint density at radius 2 is 1.84 bits per heavy atom. The van der Waals surface area contributed by atoms with Gasteiger partial charge >= 0.3 is 0 Å². The summed E-state index contributed by atoms with van der Waals surface area (Å²) in [5.74, 6) is 0.631. The lowest BCUT2D eigenvalue weighted by molar-refractivity contribution is 0.157. The van der Waals surface area contributed by atoms with E-state index in [4.69, 9.17) is 10.5 Å². The van der Waals surface area contributed by atoms with Crippen molar-refractivity contribution >= 4 is 15.8 Å². The van der Waals surface area contributed by atoms with Crippen LogP contribution in [0.15, 0.2) is 4.99 Å². The van der Waals surface area contributed by atoms with Crippen LogP contribution in [-0.4, -0.2) is 64.1 Å². The van der Waals surface area contributed by atoms with Gasteiger partial charge in [0.1, 0.15) is 9.84 Å². The molecular formula is C12H25N3O3S. The molecule has 7 heteroatoms. The van der Waals surface area contributed by atoms with Crippen molar-refractivity contribution in [3.05, 3.63) is 0 Å². The molecule has 2 N–H and O–H groups in total. The Morgan fingerprint density at radius 1 is 1.21 bits per heavy atom. The molecule has 0 spiro atoms. The van der Waals surface area contributed by atoms with Crippen molar-refractivity contribution in [1.29, 1.82) is 0 Å². The van der Waals surface area contributed by atoms with E-state index in [0.29, 0.717) is 19.1 Å². The van der Waals surface area contributed by atoms with Crippen molar-refractivity contribution in [2.45, 2.75) is 25.7 Å². The third-order valence-corrected chi connectivity index (χ3v) is 3.95. The van der Waals surface area contributed by atoms with Crippen LogP contribution in [0.25, 0.3) is 0 Å². The molecule has 19 heavy (non-hydrogen) atoms. The molecule has 1 saturated heterocycles. The number of likely N-dealkylation sites (tertiary alicyclic amines) is 1. The first-order chi connectivity index (χ1) is 8.99. The van der Waals surface area contributed by atoms with Crippen LogP contribution in [0.3, 0.4) is 0 Å². The van der Waals surface area contributed by atoms with Crippen LogP contribution >= 0.6 is 0 Å². The van der Waals surface area contributed by atoms with E-state index in [1.54, 1.807) is 0 Å². The molecule has 0 unspecified atom stereocenters. The quantitative estimate of drug-likeness (QED) is 0.430. The van der Waals surface area contributed by atoms with Crippen LogP contribution in [0, 0.1) is 0 Å². The van der Waals surface area contributed by atoms with Crippen molar-refractivity contribution in [2.75, 3.05) is 44.9 Å². The lowest BCUT2D eigenvalue weighted by atomic mass is 10.2. The van der Waals surface area contributed by atoms with Crippen LogP contribution in [-0.2, 0) is 14.6 Å². The van der Waals surface area contributed by atoms with E-state index in [2.05, 4.69) is 9.89 Å². The zero-order chi connectivity index (χ0) is 14.1. The molecule has 1 heterocycles. The average molecular weight is 291 g/mol. The summed E-state index contributed by atoms with van der Waals surface area (Å²) < 4.78 is 27.0. The summed E-state index contributed by atoms with van der Waals surface area (Å²) in [6.07, 6.45) is 6.06. The highest BCUT2D eigenvalue weighted by molar-refractivity contribution is 7.90. The van der Waals surface area contributed by atoms with Gasteiger partial charge in [-0.25, -0.2) is 8.42 Å². The molecule has 1 aliphatic heterocycles. The minimum absolute atomic E-state index is 0.0539. The predicted molar refractivity (Wildman–Crippen MR) is 77.1 cm³/mol. The summed E-state index contributed by atoms with van der Waals surface area (Å²) in [5.41, 5.74) is 5.93. The highest BCUT2D eigenvalue weighted by Crippen LogP contribution is 2.08. The Hall–Kier alpha value is -0.820. The zero-order valence-electron chi connectivity index (χ0n) is 11.7. The highest BCUT2D eigenvalue weighted by atomic mass is 32.2. The van der Waals surface area contributed by atoms with Crippen LogP contribution in [0.1, 0.15) is 25.7 Å². The fourth-order valence-corrected chi connectivity index (χ4v) is 2.36. The molecule has 0 aromatic heterocycles. The SMILES string of the molecule is CS(=O)(=O)CCOCCN=C(N)N1CCCCCC1. The largest absolute Gasteiger partial charge is 0.378 e. The molecule has 0 radical (unpaired) electrons. The minimum Gasteiger partial charge on any atom is -0.378 e. The molecule has 1 aliphatic rings. The highest BCUT2D eigenvalue weighted by Gasteiger charge is 2.10. The summed E-state index contributed by atoms with van der Waals surface area (Å²) in [6.45, 7) is 3.06. The maximum atomic E-state index is 10.9. The normalized spacial score (nSPS) is 18.4. The van der Waals surface area contributed by atoms with E-state index < -0.39 is 9.84 Å². The molecule has 0 bridgehead atoms. The van der Waals surface area contributed by atoms with E-state index in [0.717, 1.165) is 13.1 Å². The zero-order valence-corrected chi connectivity index (χ0v) is 12.5. The van der Waals surface area contributed by atoms with Gasteiger partial charge in [-0.3, -0.25) is 4.99 Å². The predicted octanol–water partition coefficient (Wildman–Crippen LogP) is 0.238. The molecule has 1 fully saturated rings. The number of ether oxygens (including phenoxy) is 1. The first kappa shape index (κ1) is 16.2. The van der Waals surface area contributed by atoms with E-state index in [1.165, 1.54) is 31.9 Å². The average Bonchev–Trinajstić information content (AvgIpc) is 2.60. The summed E-state index contributed by atoms with van der Waals surface area (Å²) in [7, 11) is -2.94. The van der Waals surface area contributed by atoms with Crippen molar-refractivity contribution in [1.82, 2.24) is 4.90 Å². The van der Waals surface area contributed by atoms with Gasteiger partial charge in [0.2, 0.25) is 0 Å². The lowest BCUT2D eigenvalue weighted by Gasteiger charge is -2.21. The second-order valence-electron chi connectivity index (χ2n) is 4.88. The number of nitrogens with two attached hydrogens (primary N) is 1. The maximum absolute atomic E-state index is 10.9. The van der Waals surface area contributed by atoms with Crippen LogP contribution in [0.2, 0.25) is 0 Å². The van der Waals surface area contributed by atoms with Crippen LogP contribution < -0.4 is 5.73 Å². The van der Waals surface area contributed by atoms with Gasteiger partial charge in [0.05, 0.1) is 25.5 Å². The summed E-state index contributed by atoms with van der Waals surface area (Å²) in [5, 5.41) is 0. The Morgan fingerprint density at radius 3 is 2.42 bits per heavy atom. The number of aliphatic imine (C=N–C) groups is 1. The molecule has 6 nitrogen and oxygen atoms in total. The van der Waals surface area contributed by atoms with E-state index in [-0.39, 0.29) is 12.4 Å². The Kier molecular flexibility index (Phi) is 7.15. The van der Waals surface area contributed by atoms with E-state index in [1.807, 2.05) is 0 Å². The maximum Gasteiger partial charge on any atom is 0.191 e. The number of hydrogen-bond acceptors (Lipinski definition) is 4. The number of guanidine groups is 1. The van der Waals surface area contributed by atoms with Crippen LogP contribution in [0.5, 0.6) is 0 Å². The third kappa shape index (κ3) is 8.05. The number of sulfone groups is 1. The molecule has 0 amide bonds. The van der Waals surface area contributed by atoms with Gasteiger partial charge in [0.25, 0.3) is 0 Å². The van der Waals surface area contributed by atoms with Crippen molar-refractivity contribution in [3.8, 4) is 0 Å². The fourth-order valence-electron chi connectivity index (χ4n) is 1.94. The second-order valence-corrected chi connectivity index (χ2v) is 7.14. The molecule has 0 saturated carbocycles. The van der Waals surface area contributed by atoms with E-state index >= 15 is 0 Å². The second kappa shape index (κ2) is 8.37. The molecule has 0 aliphatic carbocycles. The van der Waals surface area contributed by atoms with Gasteiger partial charge in [-0.2, -0.15) is 0 Å². The molecule has 1 rings (SSSR count). The fraction of sp³-hybridized carbons (Fsp3) is 0.917. The smallest absolute Gasteiger partial charge is 0.191 e. The van der Waals surface area contributed by atoms with Crippen molar-refractivity contribution in [3.63, 3.8) is 0 Å². The topological polar surface area (TPSA) is 85.0 Å². The number of rotatable bonds is 6. The van der Waals surface area contributed by atoms with Crippen molar-refractivity contribution in [2.24, 2.45) is 10.7 Å². The van der Waals surface area contributed by atoms with Gasteiger partial charge in [0.15, 0.2) is 5.96 Å². The van der Waals surface area contributed by atoms with Gasteiger partial charge in [-0.1, -0.05) is 12.8 Å². The van der Waals surface area contributed by atoms with Gasteiger partial charge in [-0.05, 0) is 12.8 Å². The monoisotopic (exact) mass is 291 g/mol. The summed E-state index contributed by atoms with van der Waals surface area (Å²) in [4.78, 5) is 6.38. The molecule has 0 atom stereocenters.